The Morgan fingerprint density at radius 2 is 1.63 bits per heavy atom. The summed E-state index contributed by atoms with van der Waals surface area (Å²) < 4.78 is 29.1. The van der Waals surface area contributed by atoms with Crippen LogP contribution in [-0.2, 0) is 22.3 Å². The molecule has 4 rings (SSSR count). The number of aromatic nitrogens is 2. The Morgan fingerprint density at radius 3 is 2.48 bits per heavy atom. The minimum Gasteiger partial charge on any atom is -0.280 e. The highest BCUT2D eigenvalue weighted by Gasteiger charge is 2.13. The van der Waals surface area contributed by atoms with Crippen molar-refractivity contribution in [2.45, 2.75) is 12.3 Å². The number of fused-ring (bicyclic) bond motifs is 1. The van der Waals surface area contributed by atoms with Gasteiger partial charge < -0.3 is 0 Å². The maximum atomic E-state index is 12.4. The van der Waals surface area contributed by atoms with Gasteiger partial charge in [-0.25, -0.2) is 8.42 Å². The Labute approximate surface area is 158 Å². The van der Waals surface area contributed by atoms with Crippen molar-refractivity contribution in [2.75, 3.05) is 4.72 Å². The van der Waals surface area contributed by atoms with Crippen molar-refractivity contribution < 1.29 is 8.42 Å². The first kappa shape index (κ1) is 17.3. The SMILES string of the molecule is O=S(=O)(Cc1ccccc1)Nc1cnn(Cc2cccc3ccccc23)c1. The molecular formula is C21H19N3O2S. The summed E-state index contributed by atoms with van der Waals surface area (Å²) in [4.78, 5) is 0. The molecule has 1 N–H and O–H groups in total. The van der Waals surface area contributed by atoms with E-state index < -0.39 is 10.0 Å². The maximum absolute atomic E-state index is 12.4. The van der Waals surface area contributed by atoms with Gasteiger partial charge in [0.1, 0.15) is 0 Å². The van der Waals surface area contributed by atoms with Crippen LogP contribution in [0.5, 0.6) is 0 Å². The molecule has 0 saturated heterocycles. The second kappa shape index (κ2) is 7.25. The zero-order valence-electron chi connectivity index (χ0n) is 14.6. The van der Waals surface area contributed by atoms with Crippen LogP contribution in [-0.4, -0.2) is 18.2 Å². The number of sulfonamides is 1. The minimum absolute atomic E-state index is 0.0671. The van der Waals surface area contributed by atoms with Gasteiger partial charge in [-0.2, -0.15) is 5.10 Å². The summed E-state index contributed by atoms with van der Waals surface area (Å²) in [5, 5.41) is 6.64. The normalized spacial score (nSPS) is 11.6. The van der Waals surface area contributed by atoms with Crippen molar-refractivity contribution in [2.24, 2.45) is 0 Å². The summed E-state index contributed by atoms with van der Waals surface area (Å²) in [6, 6.07) is 23.4. The fourth-order valence-electron chi connectivity index (χ4n) is 3.12. The Hall–Kier alpha value is -3.12. The van der Waals surface area contributed by atoms with Crippen LogP contribution in [0.25, 0.3) is 10.8 Å². The van der Waals surface area contributed by atoms with Gasteiger partial charge in [-0.05, 0) is 21.9 Å². The average Bonchev–Trinajstić information content (AvgIpc) is 3.08. The predicted molar refractivity (Wildman–Crippen MR) is 108 cm³/mol. The van der Waals surface area contributed by atoms with Crippen LogP contribution in [0, 0.1) is 0 Å². The maximum Gasteiger partial charge on any atom is 0.237 e. The van der Waals surface area contributed by atoms with E-state index >= 15 is 0 Å². The van der Waals surface area contributed by atoms with Gasteiger partial charge in [0, 0.05) is 6.20 Å². The van der Waals surface area contributed by atoms with E-state index in [1.165, 1.54) is 17.0 Å². The van der Waals surface area contributed by atoms with E-state index in [0.29, 0.717) is 12.2 Å². The summed E-state index contributed by atoms with van der Waals surface area (Å²) >= 11 is 0. The van der Waals surface area contributed by atoms with Crippen molar-refractivity contribution in [1.29, 1.82) is 0 Å². The third kappa shape index (κ3) is 4.17. The highest BCUT2D eigenvalue weighted by Crippen LogP contribution is 2.20. The average molecular weight is 377 g/mol. The second-order valence-electron chi connectivity index (χ2n) is 6.41. The number of anilines is 1. The van der Waals surface area contributed by atoms with Crippen molar-refractivity contribution in [3.8, 4) is 0 Å². The summed E-state index contributed by atoms with van der Waals surface area (Å²) in [7, 11) is -3.49. The predicted octanol–water partition coefficient (Wildman–Crippen LogP) is 4.03. The van der Waals surface area contributed by atoms with Gasteiger partial charge in [-0.3, -0.25) is 9.40 Å². The fraction of sp³-hybridized carbons (Fsp3) is 0.0952. The molecule has 136 valence electrons. The minimum atomic E-state index is -3.49. The fourth-order valence-corrected chi connectivity index (χ4v) is 4.28. The molecule has 1 aromatic heterocycles. The molecule has 0 saturated carbocycles. The van der Waals surface area contributed by atoms with Crippen molar-refractivity contribution in [3.05, 3.63) is 96.3 Å². The number of benzene rings is 3. The molecule has 0 unspecified atom stereocenters. The molecule has 0 spiro atoms. The lowest BCUT2D eigenvalue weighted by Gasteiger charge is -2.07. The van der Waals surface area contributed by atoms with Crippen LogP contribution in [0.15, 0.2) is 85.2 Å². The molecule has 5 nitrogen and oxygen atoms in total. The summed E-state index contributed by atoms with van der Waals surface area (Å²) in [5.41, 5.74) is 2.34. The molecule has 0 aliphatic carbocycles. The van der Waals surface area contributed by atoms with Gasteiger partial charge in [0.05, 0.1) is 24.2 Å². The number of nitrogens with zero attached hydrogens (tertiary/aromatic N) is 2. The first-order valence-corrected chi connectivity index (χ1v) is 10.3. The van der Waals surface area contributed by atoms with E-state index in [0.717, 1.165) is 11.1 Å². The Balaban J connectivity index is 1.50. The van der Waals surface area contributed by atoms with E-state index in [9.17, 15) is 8.42 Å². The molecule has 3 aromatic carbocycles. The number of hydrogen-bond donors (Lipinski definition) is 1. The molecule has 0 aliphatic rings. The summed E-state index contributed by atoms with van der Waals surface area (Å²) in [6.07, 6.45) is 3.25. The molecule has 0 fully saturated rings. The van der Waals surface area contributed by atoms with Gasteiger partial charge in [0.2, 0.25) is 10.0 Å². The third-order valence-electron chi connectivity index (χ3n) is 4.32. The van der Waals surface area contributed by atoms with Crippen LogP contribution < -0.4 is 4.72 Å². The molecule has 0 amide bonds. The van der Waals surface area contributed by atoms with Gasteiger partial charge in [0.25, 0.3) is 0 Å². The Kier molecular flexibility index (Phi) is 4.64. The topological polar surface area (TPSA) is 64.0 Å². The molecule has 27 heavy (non-hydrogen) atoms. The second-order valence-corrected chi connectivity index (χ2v) is 8.13. The molecule has 0 bridgehead atoms. The van der Waals surface area contributed by atoms with Crippen LogP contribution in [0.4, 0.5) is 5.69 Å². The zero-order valence-corrected chi connectivity index (χ0v) is 15.4. The Bertz CT molecular complexity index is 1160. The number of hydrogen-bond acceptors (Lipinski definition) is 3. The summed E-state index contributed by atoms with van der Waals surface area (Å²) in [6.45, 7) is 0.571. The van der Waals surface area contributed by atoms with E-state index in [1.807, 2.05) is 36.4 Å². The zero-order chi connectivity index (χ0) is 18.7. The monoisotopic (exact) mass is 377 g/mol. The Morgan fingerprint density at radius 1 is 0.889 bits per heavy atom. The molecule has 0 radical (unpaired) electrons. The van der Waals surface area contributed by atoms with Crippen LogP contribution in [0.2, 0.25) is 0 Å². The molecular weight excluding hydrogens is 358 g/mol. The van der Waals surface area contributed by atoms with Crippen molar-refractivity contribution in [3.63, 3.8) is 0 Å². The van der Waals surface area contributed by atoms with E-state index in [-0.39, 0.29) is 5.75 Å². The molecule has 0 aliphatic heterocycles. The van der Waals surface area contributed by atoms with Crippen molar-refractivity contribution in [1.82, 2.24) is 9.78 Å². The largest absolute Gasteiger partial charge is 0.280 e. The first-order chi connectivity index (χ1) is 13.1. The highest BCUT2D eigenvalue weighted by atomic mass is 32.2. The van der Waals surface area contributed by atoms with Gasteiger partial charge >= 0.3 is 0 Å². The molecule has 1 heterocycles. The standard InChI is InChI=1S/C21H19N3O2S/c25-27(26,16-17-7-2-1-3-8-17)23-20-13-22-24(15-20)14-19-11-6-10-18-9-4-5-12-21(18)19/h1-13,15,23H,14,16H2. The van der Waals surface area contributed by atoms with E-state index in [4.69, 9.17) is 0 Å². The lowest BCUT2D eigenvalue weighted by molar-refractivity contribution is 0.600. The van der Waals surface area contributed by atoms with Gasteiger partial charge in [-0.1, -0.05) is 72.8 Å². The van der Waals surface area contributed by atoms with Crippen LogP contribution in [0.3, 0.4) is 0 Å². The highest BCUT2D eigenvalue weighted by molar-refractivity contribution is 7.91. The van der Waals surface area contributed by atoms with Crippen LogP contribution >= 0.6 is 0 Å². The smallest absolute Gasteiger partial charge is 0.237 e. The van der Waals surface area contributed by atoms with E-state index in [2.05, 4.69) is 34.1 Å². The molecule has 4 aromatic rings. The summed E-state index contributed by atoms with van der Waals surface area (Å²) in [5.74, 6) is -0.0671. The van der Waals surface area contributed by atoms with Gasteiger partial charge in [0.15, 0.2) is 0 Å². The number of rotatable bonds is 6. The lowest BCUT2D eigenvalue weighted by Crippen LogP contribution is -2.14. The van der Waals surface area contributed by atoms with E-state index in [1.54, 1.807) is 23.0 Å². The van der Waals surface area contributed by atoms with Gasteiger partial charge in [-0.15, -0.1) is 0 Å². The first-order valence-electron chi connectivity index (χ1n) is 8.63. The number of nitrogens with one attached hydrogen (secondary N) is 1. The van der Waals surface area contributed by atoms with Crippen LogP contribution in [0.1, 0.15) is 11.1 Å². The van der Waals surface area contributed by atoms with Crippen molar-refractivity contribution >= 4 is 26.5 Å². The third-order valence-corrected chi connectivity index (χ3v) is 5.58. The molecule has 6 heteroatoms. The lowest BCUT2D eigenvalue weighted by atomic mass is 10.0. The quantitative estimate of drug-likeness (QED) is 0.552. The molecule has 0 atom stereocenters.